The summed E-state index contributed by atoms with van der Waals surface area (Å²) in [7, 11) is 0. The molecule has 9 atom stereocenters. The quantitative estimate of drug-likeness (QED) is 0.0969. The van der Waals surface area contributed by atoms with Gasteiger partial charge in [-0.15, -0.1) is 0 Å². The van der Waals surface area contributed by atoms with Gasteiger partial charge < -0.3 is 14.2 Å². The molecule has 0 fully saturated rings. The largest absolute Gasteiger partial charge is 0.459 e. The van der Waals surface area contributed by atoms with E-state index >= 15 is 0 Å². The summed E-state index contributed by atoms with van der Waals surface area (Å²) < 4.78 is 17.2. The van der Waals surface area contributed by atoms with Crippen molar-refractivity contribution in [2.24, 2.45) is 51.8 Å². The highest BCUT2D eigenvalue weighted by molar-refractivity contribution is 6.01. The molecule has 57 heavy (non-hydrogen) atoms. The smallest absolute Gasteiger partial charge is 0.338 e. The molecule has 0 saturated carbocycles. The van der Waals surface area contributed by atoms with Crippen molar-refractivity contribution in [1.82, 2.24) is 0 Å². The number of hydrogen-bond donors (Lipinski definition) is 0. The van der Waals surface area contributed by atoms with Crippen LogP contribution in [0, 0.1) is 51.8 Å². The Balaban J connectivity index is 1.54. The van der Waals surface area contributed by atoms with Crippen LogP contribution in [0.2, 0.25) is 0 Å². The van der Waals surface area contributed by atoms with Gasteiger partial charge in [0.25, 0.3) is 0 Å². The van der Waals surface area contributed by atoms with E-state index in [1.54, 1.807) is 20.8 Å². The van der Waals surface area contributed by atoms with Crippen molar-refractivity contribution in [2.45, 2.75) is 140 Å². The Kier molecular flexibility index (Phi) is 14.5. The normalized spacial score (nSPS) is 27.4. The number of ketones is 3. The van der Waals surface area contributed by atoms with Crippen molar-refractivity contribution in [3.63, 3.8) is 0 Å². The molecule has 0 amide bonds. The van der Waals surface area contributed by atoms with Crippen LogP contribution in [0.5, 0.6) is 0 Å². The third kappa shape index (κ3) is 11.3. The maximum Gasteiger partial charge on any atom is 0.338 e. The molecule has 0 spiro atoms. The monoisotopic (exact) mass is 786 g/mol. The van der Waals surface area contributed by atoms with Crippen LogP contribution in [0.15, 0.2) is 54.7 Å². The molecule has 1 aromatic carbocycles. The Bertz CT molecular complexity index is 1570. The van der Waals surface area contributed by atoms with Crippen LogP contribution in [0.3, 0.4) is 0 Å². The second-order valence-corrected chi connectivity index (χ2v) is 19.3. The zero-order chi connectivity index (χ0) is 42.6. The predicted octanol–water partition coefficient (Wildman–Crippen LogP) is 9.92. The van der Waals surface area contributed by atoms with Gasteiger partial charge in [0.15, 0.2) is 0 Å². The molecule has 1 aromatic rings. The Morgan fingerprint density at radius 2 is 0.719 bits per heavy atom. The summed E-state index contributed by atoms with van der Waals surface area (Å²) in [4.78, 5) is 81.5. The molecule has 0 radical (unpaired) electrons. The second kappa shape index (κ2) is 18.2. The van der Waals surface area contributed by atoms with Crippen LogP contribution >= 0.6 is 0 Å². The summed E-state index contributed by atoms with van der Waals surface area (Å²) in [6, 6.07) is 3.85. The highest BCUT2D eigenvalue weighted by Crippen LogP contribution is 2.44. The number of carbonyl (C=O) groups excluding carboxylic acids is 6. The van der Waals surface area contributed by atoms with E-state index in [4.69, 9.17) is 14.2 Å². The van der Waals surface area contributed by atoms with Crippen LogP contribution in [0.4, 0.5) is 0 Å². The number of ether oxygens (including phenoxy) is 3. The molecule has 0 saturated heterocycles. The molecule has 9 unspecified atom stereocenters. The Hall–Kier alpha value is -4.14. The third-order valence-electron chi connectivity index (χ3n) is 12.4. The van der Waals surface area contributed by atoms with E-state index in [1.807, 2.05) is 39.0 Å². The molecule has 0 aliphatic heterocycles. The summed E-state index contributed by atoms with van der Waals surface area (Å²) in [5, 5.41) is 0. The maximum atomic E-state index is 13.7. The number of carbonyl (C=O) groups is 6. The molecule has 3 aliphatic rings. The first-order valence-corrected chi connectivity index (χ1v) is 20.8. The van der Waals surface area contributed by atoms with Crippen molar-refractivity contribution in [3.8, 4) is 0 Å². The average Bonchev–Trinajstić information content (AvgIpc) is 3.06. The molecular weight excluding hydrogens is 721 g/mol. The fraction of sp³-hybridized carbons (Fsp3) is 0.625. The van der Waals surface area contributed by atoms with E-state index in [-0.39, 0.29) is 105 Å². The number of benzene rings is 1. The van der Waals surface area contributed by atoms with Crippen LogP contribution in [0.1, 0.15) is 153 Å². The SMILES string of the molecule is CC(CC(=O)C1C(C)C=CCC1(C)C)OC(=O)c1cc(C(=O)OC(C)CC(=O)C2C(C)C=CCC2(C)C)cc(C(=O)OC(C)CC(=O)C2C(C)C=CCC2(C)C)c1. The van der Waals surface area contributed by atoms with Gasteiger partial charge in [0.2, 0.25) is 0 Å². The number of Topliss-reactive ketones (excluding diaryl/α,β-unsaturated/α-hetero) is 3. The Morgan fingerprint density at radius 1 is 0.491 bits per heavy atom. The summed E-state index contributed by atoms with van der Waals surface area (Å²) >= 11 is 0. The average molecular weight is 787 g/mol. The van der Waals surface area contributed by atoms with E-state index in [9.17, 15) is 28.8 Å². The zero-order valence-corrected chi connectivity index (χ0v) is 36.3. The Labute approximate surface area is 340 Å². The van der Waals surface area contributed by atoms with Crippen LogP contribution in [-0.2, 0) is 28.6 Å². The first kappa shape index (κ1) is 45.6. The first-order chi connectivity index (χ1) is 26.4. The van der Waals surface area contributed by atoms with Gasteiger partial charge in [-0.1, -0.05) is 98.8 Å². The van der Waals surface area contributed by atoms with Crippen molar-refractivity contribution in [2.75, 3.05) is 0 Å². The number of esters is 3. The highest BCUT2D eigenvalue weighted by atomic mass is 16.6. The minimum absolute atomic E-state index is 0.00412. The van der Waals surface area contributed by atoms with Gasteiger partial charge in [-0.3, -0.25) is 14.4 Å². The van der Waals surface area contributed by atoms with E-state index in [0.29, 0.717) is 0 Å². The Morgan fingerprint density at radius 3 is 0.930 bits per heavy atom. The molecule has 0 heterocycles. The summed E-state index contributed by atoms with van der Waals surface area (Å²) in [6.07, 6.45) is 12.4. The standard InChI is InChI=1S/C48H66O9/c1-28-16-13-19-46(7,8)40(28)37(49)22-31(4)55-43(52)34-25-35(44(53)56-32(5)23-38(50)41-29(2)17-14-20-47(41,9)10)27-36(26-34)45(54)57-33(6)24-39(51)42-30(3)18-15-21-48(42,11)12/h13-18,25-33,40-42H,19-24H2,1-12H3. The lowest BCUT2D eigenvalue weighted by Gasteiger charge is -2.39. The summed E-state index contributed by atoms with van der Waals surface area (Å²) in [5.74, 6) is -3.09. The number of rotatable bonds is 15. The van der Waals surface area contributed by atoms with E-state index < -0.39 is 36.2 Å². The topological polar surface area (TPSA) is 130 Å². The van der Waals surface area contributed by atoms with Gasteiger partial charge in [-0.05, 0) is 92.2 Å². The van der Waals surface area contributed by atoms with E-state index in [0.717, 1.165) is 19.3 Å². The molecule has 0 bridgehead atoms. The van der Waals surface area contributed by atoms with Crippen molar-refractivity contribution in [3.05, 3.63) is 71.3 Å². The van der Waals surface area contributed by atoms with Gasteiger partial charge in [-0.2, -0.15) is 0 Å². The second-order valence-electron chi connectivity index (χ2n) is 19.3. The summed E-state index contributed by atoms with van der Waals surface area (Å²) in [6.45, 7) is 23.4. The fourth-order valence-corrected chi connectivity index (χ4v) is 9.88. The van der Waals surface area contributed by atoms with Gasteiger partial charge in [0.1, 0.15) is 35.7 Å². The molecule has 0 N–H and O–H groups in total. The minimum atomic E-state index is -0.829. The molecular formula is C48H66O9. The van der Waals surface area contributed by atoms with E-state index in [1.165, 1.54) is 18.2 Å². The lowest BCUT2D eigenvalue weighted by atomic mass is 9.65. The molecule has 9 heteroatoms. The predicted molar refractivity (Wildman–Crippen MR) is 221 cm³/mol. The molecule has 0 aromatic heterocycles. The lowest BCUT2D eigenvalue weighted by Crippen LogP contribution is -2.38. The molecule has 4 rings (SSSR count). The molecule has 9 nitrogen and oxygen atoms in total. The van der Waals surface area contributed by atoms with Crippen molar-refractivity contribution in [1.29, 1.82) is 0 Å². The van der Waals surface area contributed by atoms with Gasteiger partial charge in [0, 0.05) is 37.0 Å². The highest BCUT2D eigenvalue weighted by Gasteiger charge is 2.42. The van der Waals surface area contributed by atoms with Crippen molar-refractivity contribution < 1.29 is 43.0 Å². The fourth-order valence-electron chi connectivity index (χ4n) is 9.88. The van der Waals surface area contributed by atoms with Gasteiger partial charge in [-0.25, -0.2) is 14.4 Å². The molecule has 312 valence electrons. The summed E-state index contributed by atoms with van der Waals surface area (Å²) in [5.41, 5.74) is -1.05. The zero-order valence-electron chi connectivity index (χ0n) is 36.3. The third-order valence-corrected chi connectivity index (χ3v) is 12.4. The number of allylic oxidation sites excluding steroid dienone is 6. The van der Waals surface area contributed by atoms with Crippen LogP contribution in [0.25, 0.3) is 0 Å². The van der Waals surface area contributed by atoms with Gasteiger partial charge in [0.05, 0.1) is 16.7 Å². The lowest BCUT2D eigenvalue weighted by molar-refractivity contribution is -0.131. The molecule has 3 aliphatic carbocycles. The van der Waals surface area contributed by atoms with Crippen LogP contribution in [-0.4, -0.2) is 53.6 Å². The number of hydrogen-bond acceptors (Lipinski definition) is 9. The first-order valence-electron chi connectivity index (χ1n) is 20.8. The van der Waals surface area contributed by atoms with Crippen LogP contribution < -0.4 is 0 Å². The van der Waals surface area contributed by atoms with Crippen molar-refractivity contribution >= 4 is 35.3 Å². The van der Waals surface area contributed by atoms with E-state index in [2.05, 4.69) is 59.8 Å². The van der Waals surface area contributed by atoms with Gasteiger partial charge >= 0.3 is 17.9 Å². The maximum absolute atomic E-state index is 13.7. The minimum Gasteiger partial charge on any atom is -0.459 e.